The molecule has 0 saturated heterocycles. The number of hydrogen-bond donors (Lipinski definition) is 2. The lowest BCUT2D eigenvalue weighted by molar-refractivity contribution is 0.100. The predicted molar refractivity (Wildman–Crippen MR) is 110 cm³/mol. The zero-order chi connectivity index (χ0) is 19.3. The van der Waals surface area contributed by atoms with Crippen LogP contribution >= 0.6 is 11.3 Å². The van der Waals surface area contributed by atoms with Gasteiger partial charge >= 0.3 is 0 Å². The average molecular weight is 388 g/mol. The van der Waals surface area contributed by atoms with Crippen LogP contribution in [-0.4, -0.2) is 28.9 Å². The highest BCUT2D eigenvalue weighted by molar-refractivity contribution is 7.21. The first-order valence-electron chi connectivity index (χ1n) is 8.01. The minimum Gasteiger partial charge on any atom is -0.496 e. The van der Waals surface area contributed by atoms with E-state index in [1.54, 1.807) is 25.1 Å². The van der Waals surface area contributed by atoms with Gasteiger partial charge in [-0.05, 0) is 19.1 Å². The highest BCUT2D eigenvalue weighted by atomic mass is 32.1. The second kappa shape index (κ2) is 9.63. The number of thiophene rings is 1. The molecule has 0 saturated carbocycles. The van der Waals surface area contributed by atoms with Crippen molar-refractivity contribution in [2.24, 2.45) is 5.73 Å². The lowest BCUT2D eigenvalue weighted by atomic mass is 10.1. The van der Waals surface area contributed by atoms with Crippen molar-refractivity contribution in [1.29, 1.82) is 0 Å². The summed E-state index contributed by atoms with van der Waals surface area (Å²) < 4.78 is 5.23. The third kappa shape index (κ3) is 4.40. The van der Waals surface area contributed by atoms with Gasteiger partial charge in [-0.3, -0.25) is 9.59 Å². The number of primary amides is 1. The van der Waals surface area contributed by atoms with E-state index in [0.717, 1.165) is 11.3 Å². The summed E-state index contributed by atoms with van der Waals surface area (Å²) in [7, 11) is 1.54. The van der Waals surface area contributed by atoms with Crippen LogP contribution < -0.4 is 15.8 Å². The van der Waals surface area contributed by atoms with Crippen molar-refractivity contribution in [2.75, 3.05) is 12.4 Å². The molecule has 2 amide bonds. The maximum Gasteiger partial charge on any atom is 0.261 e. The van der Waals surface area contributed by atoms with E-state index >= 15 is 0 Å². The highest BCUT2D eigenvalue weighted by Crippen LogP contribution is 2.33. The lowest BCUT2D eigenvalue weighted by Gasteiger charge is -2.10. The van der Waals surface area contributed by atoms with Crippen LogP contribution in [0.1, 0.15) is 46.9 Å². The molecule has 0 aliphatic carbocycles. The summed E-state index contributed by atoms with van der Waals surface area (Å²) >= 11 is 1.09. The van der Waals surface area contributed by atoms with Gasteiger partial charge in [-0.1, -0.05) is 27.3 Å². The zero-order valence-electron chi connectivity index (χ0n) is 15.0. The first-order valence-corrected chi connectivity index (χ1v) is 8.83. The molecule has 0 radical (unpaired) electrons. The van der Waals surface area contributed by atoms with Gasteiger partial charge in [0.25, 0.3) is 11.8 Å². The number of fused-ring (bicyclic) bond motifs is 1. The summed E-state index contributed by atoms with van der Waals surface area (Å²) in [6, 6.07) is 5.17. The fraction of sp³-hybridized carbons (Fsp3) is 0.263. The summed E-state index contributed by atoms with van der Waals surface area (Å²) in [5.41, 5.74) is 7.26. The van der Waals surface area contributed by atoms with Gasteiger partial charge in [-0.2, -0.15) is 0 Å². The van der Waals surface area contributed by atoms with Gasteiger partial charge in [0, 0.05) is 23.5 Å². The van der Waals surface area contributed by atoms with Gasteiger partial charge in [-0.25, -0.2) is 9.97 Å². The molecule has 0 atom stereocenters. The number of carbonyl (C=O) groups is 2. The number of methoxy groups -OCH3 is 1. The van der Waals surface area contributed by atoms with E-state index in [1.807, 2.05) is 13.8 Å². The maximum absolute atomic E-state index is 12.7. The fourth-order valence-corrected chi connectivity index (χ4v) is 3.29. The number of hydrogen-bond acceptors (Lipinski definition) is 6. The Hall–Kier alpha value is -3.00. The molecule has 2 heterocycles. The lowest BCUT2D eigenvalue weighted by Crippen LogP contribution is -2.17. The van der Waals surface area contributed by atoms with Crippen molar-refractivity contribution in [3.05, 3.63) is 46.6 Å². The minimum absolute atomic E-state index is 0. The minimum atomic E-state index is -0.641. The Morgan fingerprint density at radius 2 is 1.85 bits per heavy atom. The Morgan fingerprint density at radius 1 is 1.19 bits per heavy atom. The first-order chi connectivity index (χ1) is 12.5. The zero-order valence-corrected chi connectivity index (χ0v) is 15.8. The molecular formula is C19H24N4O3S. The molecule has 1 aromatic carbocycles. The molecule has 0 bridgehead atoms. The summed E-state index contributed by atoms with van der Waals surface area (Å²) in [6.45, 7) is 5.79. The Bertz CT molecular complexity index is 953. The molecule has 27 heavy (non-hydrogen) atoms. The third-order valence-corrected chi connectivity index (χ3v) is 4.64. The van der Waals surface area contributed by atoms with Gasteiger partial charge in [-0.15, -0.1) is 11.3 Å². The number of rotatable bonds is 4. The molecule has 0 unspecified atom stereocenters. The van der Waals surface area contributed by atoms with Gasteiger partial charge in [0.1, 0.15) is 21.0 Å². The van der Waals surface area contributed by atoms with Crippen LogP contribution in [0.5, 0.6) is 5.75 Å². The van der Waals surface area contributed by atoms with E-state index in [1.165, 1.54) is 19.5 Å². The number of aromatic nitrogens is 2. The largest absolute Gasteiger partial charge is 0.496 e. The van der Waals surface area contributed by atoms with Crippen molar-refractivity contribution in [3.8, 4) is 5.75 Å². The number of nitrogens with two attached hydrogens (primary N) is 1. The van der Waals surface area contributed by atoms with E-state index in [-0.39, 0.29) is 23.9 Å². The Balaban J connectivity index is 0.00000118. The van der Waals surface area contributed by atoms with Crippen LogP contribution in [0.3, 0.4) is 0 Å². The van der Waals surface area contributed by atoms with Gasteiger partial charge in [0.15, 0.2) is 0 Å². The Morgan fingerprint density at radius 3 is 2.48 bits per heavy atom. The van der Waals surface area contributed by atoms with Crippen molar-refractivity contribution in [2.45, 2.75) is 28.2 Å². The van der Waals surface area contributed by atoms with Crippen molar-refractivity contribution < 1.29 is 14.3 Å². The molecule has 7 nitrogen and oxygen atoms in total. The van der Waals surface area contributed by atoms with Crippen molar-refractivity contribution in [3.63, 3.8) is 0 Å². The molecule has 3 aromatic rings. The smallest absolute Gasteiger partial charge is 0.261 e. The second-order valence-electron chi connectivity index (χ2n) is 4.97. The molecule has 144 valence electrons. The summed E-state index contributed by atoms with van der Waals surface area (Å²) in [6.07, 6.45) is 3.01. The normalized spacial score (nSPS) is 9.63. The van der Waals surface area contributed by atoms with E-state index in [4.69, 9.17) is 10.5 Å². The highest BCUT2D eigenvalue weighted by Gasteiger charge is 2.21. The standard InChI is InChI=1S/C16H14N4O3S.C2H6.CH4/c1-8-9(4-3-5-10(8)23-2)15(22)20-11-12-16(19-7-6-18-12)24-13(11)14(17)21;1-2;/h3-7H,1-2H3,(H2,17,21)(H,20,22);1-2H3;1H4. The van der Waals surface area contributed by atoms with Crippen LogP contribution in [0.2, 0.25) is 0 Å². The van der Waals surface area contributed by atoms with Gasteiger partial charge < -0.3 is 15.8 Å². The summed E-state index contributed by atoms with van der Waals surface area (Å²) in [5, 5.41) is 2.74. The third-order valence-electron chi connectivity index (χ3n) is 3.54. The van der Waals surface area contributed by atoms with E-state index < -0.39 is 5.91 Å². The average Bonchev–Trinajstić information content (AvgIpc) is 3.02. The second-order valence-corrected chi connectivity index (χ2v) is 5.97. The molecule has 2 aromatic heterocycles. The first kappa shape index (κ1) is 22.0. The molecule has 3 N–H and O–H groups in total. The fourth-order valence-electron chi connectivity index (χ4n) is 2.38. The maximum atomic E-state index is 12.7. The number of ether oxygens (including phenoxy) is 1. The van der Waals surface area contributed by atoms with E-state index in [9.17, 15) is 9.59 Å². The summed E-state index contributed by atoms with van der Waals surface area (Å²) in [5.74, 6) is -0.413. The van der Waals surface area contributed by atoms with Crippen LogP contribution in [-0.2, 0) is 0 Å². The summed E-state index contributed by atoms with van der Waals surface area (Å²) in [4.78, 5) is 33.4. The van der Waals surface area contributed by atoms with Gasteiger partial charge in [0.2, 0.25) is 0 Å². The van der Waals surface area contributed by atoms with Crippen LogP contribution in [0, 0.1) is 6.92 Å². The number of benzene rings is 1. The molecule has 0 aliphatic rings. The Labute approximate surface area is 162 Å². The molecular weight excluding hydrogens is 364 g/mol. The Kier molecular flexibility index (Phi) is 7.86. The molecule has 8 heteroatoms. The van der Waals surface area contributed by atoms with Crippen LogP contribution in [0.15, 0.2) is 30.6 Å². The molecule has 0 aliphatic heterocycles. The SMILES string of the molecule is C.CC.COc1cccc(C(=O)Nc2c(C(N)=O)sc3nccnc23)c1C. The number of nitrogens with one attached hydrogen (secondary N) is 1. The number of carbonyl (C=O) groups excluding carboxylic acids is 2. The van der Waals surface area contributed by atoms with Crippen LogP contribution in [0.25, 0.3) is 10.3 Å². The quantitative estimate of drug-likeness (QED) is 0.702. The molecule has 0 spiro atoms. The van der Waals surface area contributed by atoms with E-state index in [2.05, 4.69) is 15.3 Å². The van der Waals surface area contributed by atoms with E-state index in [0.29, 0.717) is 27.2 Å². The van der Waals surface area contributed by atoms with Crippen molar-refractivity contribution >= 4 is 39.2 Å². The monoisotopic (exact) mass is 388 g/mol. The number of amides is 2. The topological polar surface area (TPSA) is 107 Å². The predicted octanol–water partition coefficient (Wildman–Crippen LogP) is 4.02. The molecule has 3 rings (SSSR count). The van der Waals surface area contributed by atoms with Gasteiger partial charge in [0.05, 0.1) is 12.8 Å². The number of nitrogens with zero attached hydrogens (tertiary/aromatic N) is 2. The van der Waals surface area contributed by atoms with Crippen LogP contribution in [0.4, 0.5) is 5.69 Å². The van der Waals surface area contributed by atoms with Crippen molar-refractivity contribution in [1.82, 2.24) is 9.97 Å². The number of anilines is 1. The molecule has 0 fully saturated rings.